The van der Waals surface area contributed by atoms with Crippen LogP contribution in [-0.2, 0) is 4.74 Å². The van der Waals surface area contributed by atoms with Crippen LogP contribution in [0.2, 0.25) is 0 Å². The van der Waals surface area contributed by atoms with Gasteiger partial charge in [-0.15, -0.1) is 0 Å². The summed E-state index contributed by atoms with van der Waals surface area (Å²) in [6.45, 7) is 13.2. The zero-order valence-corrected chi connectivity index (χ0v) is 12.8. The molecule has 1 aliphatic heterocycles. The second kappa shape index (κ2) is 7.49. The third kappa shape index (κ3) is 3.93. The molecule has 1 aromatic carbocycles. The summed E-state index contributed by atoms with van der Waals surface area (Å²) in [5.74, 6) is 0.148. The van der Waals surface area contributed by atoms with E-state index >= 15 is 0 Å². The summed E-state index contributed by atoms with van der Waals surface area (Å²) >= 11 is 0. The van der Waals surface area contributed by atoms with Crippen LogP contribution in [0.1, 0.15) is 44.7 Å². The molecule has 0 aromatic heterocycles. The van der Waals surface area contributed by atoms with Crippen molar-refractivity contribution < 1.29 is 9.13 Å². The second-order valence-corrected chi connectivity index (χ2v) is 4.91. The van der Waals surface area contributed by atoms with Gasteiger partial charge in [-0.05, 0) is 36.1 Å². The Balaban J connectivity index is 0.000000861. The van der Waals surface area contributed by atoms with Crippen LogP contribution >= 0.6 is 0 Å². The highest BCUT2D eigenvalue weighted by Crippen LogP contribution is 2.28. The minimum atomic E-state index is -0.0820. The van der Waals surface area contributed by atoms with E-state index in [0.717, 1.165) is 43.1 Å². The summed E-state index contributed by atoms with van der Waals surface area (Å²) in [6, 6.07) is 3.75. The summed E-state index contributed by atoms with van der Waals surface area (Å²) in [4.78, 5) is 2.18. The molecule has 0 aliphatic carbocycles. The van der Waals surface area contributed by atoms with Gasteiger partial charge < -0.3 is 9.64 Å². The van der Waals surface area contributed by atoms with Crippen LogP contribution in [0, 0.1) is 12.7 Å². The van der Waals surface area contributed by atoms with Gasteiger partial charge in [0, 0.05) is 18.8 Å². The maximum absolute atomic E-state index is 14.1. The lowest BCUT2D eigenvalue weighted by molar-refractivity contribution is 0.122. The first-order valence-corrected chi connectivity index (χ1v) is 7.22. The Hall–Kier alpha value is -1.09. The summed E-state index contributed by atoms with van der Waals surface area (Å²) in [5.41, 5.74) is 2.86. The molecule has 0 spiro atoms. The standard InChI is InChI=1S/C14H20FNO.C2H6/c1-10(2)14-11(3)8-12(9-13(14)15)16-4-6-17-7-5-16;1-2/h8-10H,4-7H2,1-3H3;1-2H3. The lowest BCUT2D eigenvalue weighted by Crippen LogP contribution is -2.36. The van der Waals surface area contributed by atoms with Crippen LogP contribution in [-0.4, -0.2) is 26.3 Å². The zero-order valence-electron chi connectivity index (χ0n) is 12.8. The second-order valence-electron chi connectivity index (χ2n) is 4.91. The van der Waals surface area contributed by atoms with Crippen molar-refractivity contribution in [3.05, 3.63) is 29.1 Å². The third-order valence-electron chi connectivity index (χ3n) is 3.27. The number of ether oxygens (including phenoxy) is 1. The predicted octanol–water partition coefficient (Wildman–Crippen LogP) is 4.12. The average molecular weight is 267 g/mol. The van der Waals surface area contributed by atoms with E-state index in [-0.39, 0.29) is 11.7 Å². The van der Waals surface area contributed by atoms with Crippen LogP contribution < -0.4 is 4.90 Å². The van der Waals surface area contributed by atoms with E-state index in [1.54, 1.807) is 6.07 Å². The predicted molar refractivity (Wildman–Crippen MR) is 79.6 cm³/mol. The molecule has 0 bridgehead atoms. The van der Waals surface area contributed by atoms with E-state index in [4.69, 9.17) is 4.74 Å². The Labute approximate surface area is 116 Å². The molecule has 2 rings (SSSR count). The van der Waals surface area contributed by atoms with Crippen LogP contribution in [0.25, 0.3) is 0 Å². The van der Waals surface area contributed by atoms with E-state index in [2.05, 4.69) is 11.0 Å². The molecule has 0 saturated carbocycles. The molecular formula is C16H26FNO. The van der Waals surface area contributed by atoms with E-state index in [1.807, 2.05) is 34.6 Å². The SMILES string of the molecule is CC.Cc1cc(N2CCOCC2)cc(F)c1C(C)C. The number of morpholine rings is 1. The smallest absolute Gasteiger partial charge is 0.128 e. The summed E-state index contributed by atoms with van der Waals surface area (Å²) in [5, 5.41) is 0. The number of rotatable bonds is 2. The highest BCUT2D eigenvalue weighted by Gasteiger charge is 2.16. The quantitative estimate of drug-likeness (QED) is 0.799. The Morgan fingerprint density at radius 1 is 1.16 bits per heavy atom. The van der Waals surface area contributed by atoms with Gasteiger partial charge in [0.25, 0.3) is 0 Å². The highest BCUT2D eigenvalue weighted by atomic mass is 19.1. The molecule has 0 N–H and O–H groups in total. The van der Waals surface area contributed by atoms with Crippen molar-refractivity contribution in [2.24, 2.45) is 0 Å². The topological polar surface area (TPSA) is 12.5 Å². The van der Waals surface area contributed by atoms with Gasteiger partial charge in [-0.3, -0.25) is 0 Å². The molecule has 1 saturated heterocycles. The van der Waals surface area contributed by atoms with Crippen LogP contribution in [0.3, 0.4) is 0 Å². The molecule has 0 amide bonds. The van der Waals surface area contributed by atoms with Gasteiger partial charge in [0.15, 0.2) is 0 Å². The first kappa shape index (κ1) is 16.0. The van der Waals surface area contributed by atoms with Crippen molar-refractivity contribution in [1.82, 2.24) is 0 Å². The Bertz CT molecular complexity index is 375. The van der Waals surface area contributed by atoms with E-state index in [0.29, 0.717) is 0 Å². The van der Waals surface area contributed by atoms with Gasteiger partial charge >= 0.3 is 0 Å². The number of aryl methyl sites for hydroxylation is 1. The maximum atomic E-state index is 14.1. The van der Waals surface area contributed by atoms with Gasteiger partial charge in [0.2, 0.25) is 0 Å². The van der Waals surface area contributed by atoms with Crippen molar-refractivity contribution in [1.29, 1.82) is 0 Å². The molecule has 0 radical (unpaired) electrons. The van der Waals surface area contributed by atoms with Gasteiger partial charge in [-0.2, -0.15) is 0 Å². The molecule has 19 heavy (non-hydrogen) atoms. The van der Waals surface area contributed by atoms with Crippen molar-refractivity contribution >= 4 is 5.69 Å². The van der Waals surface area contributed by atoms with E-state index in [9.17, 15) is 4.39 Å². The van der Waals surface area contributed by atoms with Gasteiger partial charge in [-0.25, -0.2) is 4.39 Å². The average Bonchev–Trinajstić information content (AvgIpc) is 2.40. The fourth-order valence-electron chi connectivity index (χ4n) is 2.47. The molecule has 0 atom stereocenters. The zero-order chi connectivity index (χ0) is 14.4. The summed E-state index contributed by atoms with van der Waals surface area (Å²) in [6.07, 6.45) is 0. The van der Waals surface area contributed by atoms with Crippen LogP contribution in [0.4, 0.5) is 10.1 Å². The molecule has 1 heterocycles. The van der Waals surface area contributed by atoms with Crippen molar-refractivity contribution in [2.75, 3.05) is 31.2 Å². The number of hydrogen-bond acceptors (Lipinski definition) is 2. The molecule has 108 valence electrons. The van der Waals surface area contributed by atoms with Crippen molar-refractivity contribution in [2.45, 2.75) is 40.5 Å². The minimum absolute atomic E-state index is 0.0820. The first-order chi connectivity index (χ1) is 9.09. The Morgan fingerprint density at radius 3 is 2.21 bits per heavy atom. The minimum Gasteiger partial charge on any atom is -0.378 e. The molecular weight excluding hydrogens is 241 g/mol. The van der Waals surface area contributed by atoms with Gasteiger partial charge in [0.1, 0.15) is 5.82 Å². The van der Waals surface area contributed by atoms with Crippen molar-refractivity contribution in [3.8, 4) is 0 Å². The molecule has 0 unspecified atom stereocenters. The highest BCUT2D eigenvalue weighted by molar-refractivity contribution is 5.52. The lowest BCUT2D eigenvalue weighted by Gasteiger charge is -2.29. The fourth-order valence-corrected chi connectivity index (χ4v) is 2.47. The number of anilines is 1. The van der Waals surface area contributed by atoms with E-state index in [1.165, 1.54) is 0 Å². The normalized spacial score (nSPS) is 15.2. The summed E-state index contributed by atoms with van der Waals surface area (Å²) in [7, 11) is 0. The van der Waals surface area contributed by atoms with E-state index < -0.39 is 0 Å². The number of nitrogens with zero attached hydrogens (tertiary/aromatic N) is 1. The largest absolute Gasteiger partial charge is 0.378 e. The monoisotopic (exact) mass is 267 g/mol. The summed E-state index contributed by atoms with van der Waals surface area (Å²) < 4.78 is 19.4. The van der Waals surface area contributed by atoms with Crippen molar-refractivity contribution in [3.63, 3.8) is 0 Å². The third-order valence-corrected chi connectivity index (χ3v) is 3.27. The van der Waals surface area contributed by atoms with Crippen LogP contribution in [0.5, 0.6) is 0 Å². The fraction of sp³-hybridized carbons (Fsp3) is 0.625. The first-order valence-electron chi connectivity index (χ1n) is 7.22. The van der Waals surface area contributed by atoms with Crippen LogP contribution in [0.15, 0.2) is 12.1 Å². The number of benzene rings is 1. The molecule has 1 aromatic rings. The van der Waals surface area contributed by atoms with Gasteiger partial charge in [0.05, 0.1) is 13.2 Å². The molecule has 1 aliphatic rings. The lowest BCUT2D eigenvalue weighted by atomic mass is 9.96. The number of hydrogen-bond donors (Lipinski definition) is 0. The molecule has 2 nitrogen and oxygen atoms in total. The number of halogens is 1. The molecule has 3 heteroatoms. The maximum Gasteiger partial charge on any atom is 0.128 e. The Morgan fingerprint density at radius 2 is 1.74 bits per heavy atom. The van der Waals surface area contributed by atoms with Gasteiger partial charge in [-0.1, -0.05) is 27.7 Å². The molecule has 1 fully saturated rings. The Kier molecular flexibility index (Phi) is 6.29.